The molecule has 0 aliphatic heterocycles. The molecule has 0 aromatic heterocycles. The fraction of sp³-hybridized carbons (Fsp3) is 0.250. The van der Waals surface area contributed by atoms with Gasteiger partial charge in [-0.1, -0.05) is 29.8 Å². The number of aliphatic hydroxyl groups excluding tert-OH is 1. The molecule has 0 spiro atoms. The van der Waals surface area contributed by atoms with Crippen LogP contribution in [0.1, 0.15) is 28.7 Å². The van der Waals surface area contributed by atoms with Crippen LogP contribution in [0.3, 0.4) is 0 Å². The van der Waals surface area contributed by atoms with Crippen molar-refractivity contribution >= 4 is 11.6 Å². The molecule has 2 rings (SSSR count). The van der Waals surface area contributed by atoms with Gasteiger partial charge in [0.1, 0.15) is 11.6 Å². The number of aryl methyl sites for hydroxylation is 1. The molecule has 2 unspecified atom stereocenters. The molecule has 21 heavy (non-hydrogen) atoms. The first-order valence-electron chi connectivity index (χ1n) is 6.53. The molecule has 3 N–H and O–H groups in total. The fourth-order valence-electron chi connectivity index (χ4n) is 2.36. The maximum absolute atomic E-state index is 14.0. The van der Waals surface area contributed by atoms with Crippen molar-refractivity contribution < 1.29 is 13.9 Å². The van der Waals surface area contributed by atoms with Gasteiger partial charge in [-0.2, -0.15) is 0 Å². The van der Waals surface area contributed by atoms with Crippen molar-refractivity contribution in [3.63, 3.8) is 0 Å². The molecular weight excluding hydrogens is 296 g/mol. The van der Waals surface area contributed by atoms with E-state index in [0.29, 0.717) is 0 Å². The van der Waals surface area contributed by atoms with Crippen LogP contribution in [0, 0.1) is 18.6 Å². The molecule has 0 heterocycles. The van der Waals surface area contributed by atoms with Gasteiger partial charge in [0, 0.05) is 28.6 Å². The Hall–Kier alpha value is -1.49. The van der Waals surface area contributed by atoms with Gasteiger partial charge in [-0.15, -0.1) is 0 Å². The second-order valence-corrected chi connectivity index (χ2v) is 5.35. The fourth-order valence-corrected chi connectivity index (χ4v) is 2.66. The summed E-state index contributed by atoms with van der Waals surface area (Å²) in [6.07, 6.45) is -1.27. The lowest BCUT2D eigenvalue weighted by atomic mass is 9.88. The minimum absolute atomic E-state index is 0.0604. The highest BCUT2D eigenvalue weighted by Gasteiger charge is 2.28. The molecule has 2 aromatic carbocycles. The number of rotatable bonds is 4. The molecular formula is C16H16ClF2NO. The van der Waals surface area contributed by atoms with E-state index < -0.39 is 23.7 Å². The lowest BCUT2D eigenvalue weighted by Gasteiger charge is -2.24. The smallest absolute Gasteiger partial charge is 0.129 e. The summed E-state index contributed by atoms with van der Waals surface area (Å²) in [7, 11) is 0. The van der Waals surface area contributed by atoms with E-state index in [0.717, 1.165) is 5.56 Å². The SMILES string of the molecule is Cc1ccc(C(O)C(CN)c2c(F)cccc2Cl)c(F)c1. The van der Waals surface area contributed by atoms with Gasteiger partial charge >= 0.3 is 0 Å². The lowest BCUT2D eigenvalue weighted by molar-refractivity contribution is 0.141. The summed E-state index contributed by atoms with van der Waals surface area (Å²) in [5.41, 5.74) is 6.57. The van der Waals surface area contributed by atoms with Crippen molar-refractivity contribution in [1.82, 2.24) is 0 Å². The van der Waals surface area contributed by atoms with Crippen LogP contribution in [-0.2, 0) is 0 Å². The van der Waals surface area contributed by atoms with Crippen molar-refractivity contribution in [3.05, 3.63) is 69.7 Å². The minimum Gasteiger partial charge on any atom is -0.388 e. The summed E-state index contributed by atoms with van der Waals surface area (Å²) >= 11 is 6.00. The highest BCUT2D eigenvalue weighted by molar-refractivity contribution is 6.31. The summed E-state index contributed by atoms with van der Waals surface area (Å²) in [5.74, 6) is -1.94. The van der Waals surface area contributed by atoms with Crippen LogP contribution in [0.15, 0.2) is 36.4 Å². The number of hydrogen-bond donors (Lipinski definition) is 2. The highest BCUT2D eigenvalue weighted by atomic mass is 35.5. The van der Waals surface area contributed by atoms with Gasteiger partial charge in [0.05, 0.1) is 6.10 Å². The largest absolute Gasteiger partial charge is 0.388 e. The third kappa shape index (κ3) is 3.23. The normalized spacial score (nSPS) is 14.0. The Bertz CT molecular complexity index is 628. The second-order valence-electron chi connectivity index (χ2n) is 4.95. The molecule has 0 radical (unpaired) electrons. The van der Waals surface area contributed by atoms with Crippen molar-refractivity contribution in [2.75, 3.05) is 6.54 Å². The minimum atomic E-state index is -1.27. The van der Waals surface area contributed by atoms with Gasteiger partial charge in [0.15, 0.2) is 0 Å². The van der Waals surface area contributed by atoms with Crippen LogP contribution in [-0.4, -0.2) is 11.7 Å². The monoisotopic (exact) mass is 311 g/mol. The van der Waals surface area contributed by atoms with Gasteiger partial charge in [-0.3, -0.25) is 0 Å². The topological polar surface area (TPSA) is 46.2 Å². The van der Waals surface area contributed by atoms with Crippen molar-refractivity contribution in [2.45, 2.75) is 18.9 Å². The average Bonchev–Trinajstić information content (AvgIpc) is 2.42. The van der Waals surface area contributed by atoms with E-state index >= 15 is 0 Å². The first-order valence-corrected chi connectivity index (χ1v) is 6.91. The number of aliphatic hydroxyl groups is 1. The van der Waals surface area contributed by atoms with E-state index in [4.69, 9.17) is 17.3 Å². The zero-order chi connectivity index (χ0) is 15.6. The predicted molar refractivity (Wildman–Crippen MR) is 79.3 cm³/mol. The Labute approximate surface area is 127 Å². The van der Waals surface area contributed by atoms with E-state index in [2.05, 4.69) is 0 Å². The maximum atomic E-state index is 14.0. The summed E-state index contributed by atoms with van der Waals surface area (Å²) in [4.78, 5) is 0. The summed E-state index contributed by atoms with van der Waals surface area (Å²) in [6.45, 7) is 1.68. The van der Waals surface area contributed by atoms with E-state index in [1.165, 1.54) is 30.3 Å². The van der Waals surface area contributed by atoms with Gasteiger partial charge < -0.3 is 10.8 Å². The Kier molecular flexibility index (Phi) is 4.93. The molecule has 0 saturated heterocycles. The van der Waals surface area contributed by atoms with E-state index in [1.54, 1.807) is 13.0 Å². The Morgan fingerprint density at radius 2 is 1.90 bits per heavy atom. The van der Waals surface area contributed by atoms with Gasteiger partial charge in [-0.05, 0) is 30.7 Å². The molecule has 0 amide bonds. The Morgan fingerprint density at radius 1 is 1.19 bits per heavy atom. The van der Waals surface area contributed by atoms with Crippen molar-refractivity contribution in [3.8, 4) is 0 Å². The van der Waals surface area contributed by atoms with E-state index in [9.17, 15) is 13.9 Å². The molecule has 0 saturated carbocycles. The van der Waals surface area contributed by atoms with Gasteiger partial charge in [-0.25, -0.2) is 8.78 Å². The van der Waals surface area contributed by atoms with Crippen molar-refractivity contribution in [1.29, 1.82) is 0 Å². The molecule has 2 nitrogen and oxygen atoms in total. The van der Waals surface area contributed by atoms with Crippen LogP contribution in [0.4, 0.5) is 8.78 Å². The molecule has 112 valence electrons. The molecule has 0 aliphatic rings. The second kappa shape index (κ2) is 6.52. The standard InChI is InChI=1S/C16H16ClF2NO/c1-9-5-6-10(14(19)7-9)16(21)11(8-20)15-12(17)3-2-4-13(15)18/h2-7,11,16,21H,8,20H2,1H3. The summed E-state index contributed by atoms with van der Waals surface area (Å²) < 4.78 is 28.0. The number of halogens is 3. The summed E-state index contributed by atoms with van der Waals surface area (Å²) in [5, 5.41) is 10.6. The van der Waals surface area contributed by atoms with Crippen LogP contribution < -0.4 is 5.73 Å². The van der Waals surface area contributed by atoms with E-state index in [1.807, 2.05) is 0 Å². The number of benzene rings is 2. The van der Waals surface area contributed by atoms with Crippen molar-refractivity contribution in [2.24, 2.45) is 5.73 Å². The third-order valence-corrected chi connectivity index (χ3v) is 3.81. The maximum Gasteiger partial charge on any atom is 0.129 e. The first-order chi connectivity index (χ1) is 9.95. The predicted octanol–water partition coefficient (Wildman–Crippen LogP) is 3.70. The number of nitrogens with two attached hydrogens (primary N) is 1. The van der Waals surface area contributed by atoms with Gasteiger partial charge in [0.2, 0.25) is 0 Å². The van der Waals surface area contributed by atoms with Crippen LogP contribution in [0.5, 0.6) is 0 Å². The van der Waals surface area contributed by atoms with E-state index in [-0.39, 0.29) is 22.7 Å². The van der Waals surface area contributed by atoms with Crippen LogP contribution in [0.2, 0.25) is 5.02 Å². The van der Waals surface area contributed by atoms with Crippen LogP contribution in [0.25, 0.3) is 0 Å². The highest BCUT2D eigenvalue weighted by Crippen LogP contribution is 2.36. The molecule has 0 fully saturated rings. The zero-order valence-corrected chi connectivity index (χ0v) is 12.2. The Morgan fingerprint density at radius 3 is 2.48 bits per heavy atom. The average molecular weight is 312 g/mol. The quantitative estimate of drug-likeness (QED) is 0.904. The number of hydrogen-bond acceptors (Lipinski definition) is 2. The lowest BCUT2D eigenvalue weighted by Crippen LogP contribution is -2.22. The van der Waals surface area contributed by atoms with Crippen LogP contribution >= 0.6 is 11.6 Å². The van der Waals surface area contributed by atoms with Gasteiger partial charge in [0.25, 0.3) is 0 Å². The molecule has 2 aromatic rings. The Balaban J connectivity index is 2.46. The molecule has 0 aliphatic carbocycles. The third-order valence-electron chi connectivity index (χ3n) is 3.48. The molecule has 5 heteroatoms. The summed E-state index contributed by atoms with van der Waals surface area (Å²) in [6, 6.07) is 8.69. The molecule has 0 bridgehead atoms. The molecule has 2 atom stereocenters. The zero-order valence-electron chi connectivity index (χ0n) is 11.5. The first kappa shape index (κ1) is 15.9.